The molecule has 6 heteroatoms. The number of hydrogen-bond acceptors (Lipinski definition) is 5. The van der Waals surface area contributed by atoms with E-state index in [-0.39, 0.29) is 16.1 Å². The molecule has 3 aromatic rings. The Labute approximate surface area is 124 Å². The maximum absolute atomic E-state index is 13.1. The van der Waals surface area contributed by atoms with Crippen LogP contribution in [0.1, 0.15) is 0 Å². The fraction of sp³-hybridized carbons (Fsp3) is 0.0625. The van der Waals surface area contributed by atoms with Gasteiger partial charge in [-0.25, -0.2) is 4.39 Å². The molecule has 0 fully saturated rings. The molecule has 0 aliphatic heterocycles. The van der Waals surface area contributed by atoms with Crippen molar-refractivity contribution < 1.29 is 9.13 Å². The molecular formula is C16H11FN2O3. The van der Waals surface area contributed by atoms with Crippen LogP contribution < -0.4 is 26.4 Å². The first kappa shape index (κ1) is 13.9. The summed E-state index contributed by atoms with van der Waals surface area (Å²) in [5, 5.41) is 4.13. The molecule has 0 radical (unpaired) electrons. The molecule has 0 aliphatic rings. The minimum absolute atomic E-state index is 0.229. The highest BCUT2D eigenvalue weighted by Crippen LogP contribution is 2.14. The molecule has 0 spiro atoms. The maximum Gasteiger partial charge on any atom is 0.218 e. The lowest BCUT2D eigenvalue weighted by Crippen LogP contribution is -2.32. The molecule has 110 valence electrons. The highest BCUT2D eigenvalue weighted by Gasteiger charge is 2.11. The fourth-order valence-electron chi connectivity index (χ4n) is 2.17. The summed E-state index contributed by atoms with van der Waals surface area (Å²) in [5.74, 6) is 0.0431. The Morgan fingerprint density at radius 3 is 2.55 bits per heavy atom. The van der Waals surface area contributed by atoms with E-state index < -0.39 is 16.7 Å². The van der Waals surface area contributed by atoms with Gasteiger partial charge in [-0.3, -0.25) is 15.0 Å². The molecule has 0 amide bonds. The number of fused-ring (bicyclic) bond motifs is 1. The van der Waals surface area contributed by atoms with E-state index in [9.17, 15) is 14.0 Å². The van der Waals surface area contributed by atoms with Crippen LogP contribution in [-0.4, -0.2) is 7.11 Å². The topological polar surface area (TPSA) is 67.8 Å². The molecule has 3 rings (SSSR count). The van der Waals surface area contributed by atoms with Crippen molar-refractivity contribution in [2.45, 2.75) is 0 Å². The number of nitrogens with one attached hydrogen (secondary N) is 1. The van der Waals surface area contributed by atoms with Crippen LogP contribution in [0.25, 0.3) is 10.8 Å². The summed E-state index contributed by atoms with van der Waals surface area (Å²) >= 11 is 0. The van der Waals surface area contributed by atoms with Crippen LogP contribution in [0.4, 0.5) is 10.1 Å². The second kappa shape index (κ2) is 5.40. The molecule has 3 aromatic carbocycles. The predicted octanol–water partition coefficient (Wildman–Crippen LogP) is 1.51. The van der Waals surface area contributed by atoms with Gasteiger partial charge in [-0.2, -0.15) is 5.10 Å². The Morgan fingerprint density at radius 1 is 1.05 bits per heavy atom. The lowest BCUT2D eigenvalue weighted by atomic mass is 10.2. The quantitative estimate of drug-likeness (QED) is 0.744. The van der Waals surface area contributed by atoms with Gasteiger partial charge in [0.15, 0.2) is 5.36 Å². The van der Waals surface area contributed by atoms with Gasteiger partial charge < -0.3 is 4.74 Å². The van der Waals surface area contributed by atoms with Crippen molar-refractivity contribution in [2.75, 3.05) is 12.5 Å². The summed E-state index contributed by atoms with van der Waals surface area (Å²) in [6.07, 6.45) is 0. The number of hydrogen-bond donors (Lipinski definition) is 1. The van der Waals surface area contributed by atoms with E-state index in [1.54, 1.807) is 12.1 Å². The first-order valence-corrected chi connectivity index (χ1v) is 6.47. The van der Waals surface area contributed by atoms with Gasteiger partial charge in [0.25, 0.3) is 0 Å². The number of benzene rings is 2. The molecule has 22 heavy (non-hydrogen) atoms. The summed E-state index contributed by atoms with van der Waals surface area (Å²) in [6, 6.07) is 10.2. The standard InChI is InChI=1S/C16H11FN2O3/c1-22-11-5-6-12-13(8-11)16(21)14(15(12)20)19-18-10-4-2-3-9(17)7-10/h2-8,18H,1H3/b19-14+. The Hall–Kier alpha value is -3.02. The van der Waals surface area contributed by atoms with E-state index in [1.807, 2.05) is 0 Å². The zero-order valence-electron chi connectivity index (χ0n) is 11.6. The molecule has 0 atom stereocenters. The minimum Gasteiger partial charge on any atom is -0.497 e. The van der Waals surface area contributed by atoms with E-state index >= 15 is 0 Å². The van der Waals surface area contributed by atoms with E-state index in [4.69, 9.17) is 4.74 Å². The molecule has 0 bridgehead atoms. The zero-order chi connectivity index (χ0) is 15.7. The van der Waals surface area contributed by atoms with Crippen molar-refractivity contribution in [3.05, 3.63) is 74.1 Å². The molecule has 0 saturated heterocycles. The average Bonchev–Trinajstić information content (AvgIpc) is 2.76. The molecule has 0 aromatic heterocycles. The Morgan fingerprint density at radius 2 is 1.82 bits per heavy atom. The molecule has 0 heterocycles. The van der Waals surface area contributed by atoms with Crippen LogP contribution in [-0.2, 0) is 0 Å². The number of methoxy groups -OCH3 is 1. The second-order valence-electron chi connectivity index (χ2n) is 4.65. The maximum atomic E-state index is 13.1. The average molecular weight is 298 g/mol. The third-order valence-corrected chi connectivity index (χ3v) is 3.27. The van der Waals surface area contributed by atoms with Crippen molar-refractivity contribution in [1.82, 2.24) is 0 Å². The van der Waals surface area contributed by atoms with Gasteiger partial charge in [0.05, 0.1) is 12.8 Å². The van der Waals surface area contributed by atoms with Crippen LogP contribution in [0.2, 0.25) is 0 Å². The van der Waals surface area contributed by atoms with Gasteiger partial charge in [-0.15, -0.1) is 0 Å². The molecular weight excluding hydrogens is 287 g/mol. The van der Waals surface area contributed by atoms with Gasteiger partial charge >= 0.3 is 0 Å². The monoisotopic (exact) mass is 298 g/mol. The molecule has 0 unspecified atom stereocenters. The predicted molar refractivity (Wildman–Crippen MR) is 81.0 cm³/mol. The SMILES string of the molecule is COc1ccc2c(=O)/c(=N\Nc3cccc(F)c3)c(=O)c2c1. The molecule has 5 nitrogen and oxygen atoms in total. The summed E-state index contributed by atoms with van der Waals surface area (Å²) in [7, 11) is 1.48. The van der Waals surface area contributed by atoms with Crippen LogP contribution in [0.15, 0.2) is 57.2 Å². The van der Waals surface area contributed by atoms with Crippen molar-refractivity contribution in [3.63, 3.8) is 0 Å². The fourth-order valence-corrected chi connectivity index (χ4v) is 2.17. The van der Waals surface area contributed by atoms with E-state index in [0.29, 0.717) is 11.4 Å². The number of nitrogens with zero attached hydrogens (tertiary/aromatic N) is 1. The Bertz CT molecular complexity index is 1000. The normalized spacial score (nSPS) is 11.8. The van der Waals surface area contributed by atoms with Gasteiger partial charge in [-0.05, 0) is 36.4 Å². The van der Waals surface area contributed by atoms with Crippen molar-refractivity contribution in [2.24, 2.45) is 5.10 Å². The largest absolute Gasteiger partial charge is 0.497 e. The van der Waals surface area contributed by atoms with E-state index in [0.717, 1.165) is 0 Å². The lowest BCUT2D eigenvalue weighted by molar-refractivity contribution is 0.415. The second-order valence-corrected chi connectivity index (χ2v) is 4.65. The number of rotatable bonds is 3. The summed E-state index contributed by atoms with van der Waals surface area (Å²) in [5.41, 5.74) is 1.93. The summed E-state index contributed by atoms with van der Waals surface area (Å²) in [4.78, 5) is 24.4. The van der Waals surface area contributed by atoms with Gasteiger partial charge in [-0.1, -0.05) is 6.07 Å². The van der Waals surface area contributed by atoms with Crippen LogP contribution >= 0.6 is 0 Å². The third kappa shape index (κ3) is 2.35. The molecule has 0 saturated carbocycles. The van der Waals surface area contributed by atoms with Crippen LogP contribution in [0.5, 0.6) is 5.75 Å². The third-order valence-electron chi connectivity index (χ3n) is 3.27. The van der Waals surface area contributed by atoms with Crippen LogP contribution in [0.3, 0.4) is 0 Å². The molecule has 0 aliphatic carbocycles. The van der Waals surface area contributed by atoms with Gasteiger partial charge in [0.2, 0.25) is 10.9 Å². The first-order valence-electron chi connectivity index (χ1n) is 6.47. The van der Waals surface area contributed by atoms with E-state index in [2.05, 4.69) is 10.5 Å². The first-order chi connectivity index (χ1) is 10.6. The van der Waals surface area contributed by atoms with Crippen molar-refractivity contribution in [1.29, 1.82) is 0 Å². The summed E-state index contributed by atoms with van der Waals surface area (Å²) in [6.45, 7) is 0. The summed E-state index contributed by atoms with van der Waals surface area (Å²) < 4.78 is 18.1. The number of anilines is 1. The van der Waals surface area contributed by atoms with Gasteiger partial charge in [0, 0.05) is 10.8 Å². The van der Waals surface area contributed by atoms with Crippen LogP contribution in [0, 0.1) is 5.82 Å². The molecule has 1 N–H and O–H groups in total. The van der Waals surface area contributed by atoms with Crippen molar-refractivity contribution in [3.8, 4) is 5.75 Å². The van der Waals surface area contributed by atoms with Crippen molar-refractivity contribution >= 4 is 16.5 Å². The van der Waals surface area contributed by atoms with Gasteiger partial charge in [0.1, 0.15) is 11.6 Å². The van der Waals surface area contributed by atoms with E-state index in [1.165, 1.54) is 37.4 Å². The highest BCUT2D eigenvalue weighted by atomic mass is 19.1. The zero-order valence-corrected chi connectivity index (χ0v) is 11.6. The number of ether oxygens (including phenoxy) is 1. The Kier molecular flexibility index (Phi) is 3.42. The lowest BCUT2D eigenvalue weighted by Gasteiger charge is -1.97. The minimum atomic E-state index is -0.484. The number of halogens is 1. The smallest absolute Gasteiger partial charge is 0.218 e. The Balaban J connectivity index is 2.13. The highest BCUT2D eigenvalue weighted by molar-refractivity contribution is 5.84.